The number of hydrogen-bond donors (Lipinski definition) is 0. The van der Waals surface area contributed by atoms with E-state index >= 15 is 0 Å². The van der Waals surface area contributed by atoms with E-state index in [4.69, 9.17) is 0 Å². The summed E-state index contributed by atoms with van der Waals surface area (Å²) in [7, 11) is 0. The van der Waals surface area contributed by atoms with Crippen molar-refractivity contribution in [2.45, 2.75) is 32.3 Å². The lowest BCUT2D eigenvalue weighted by atomic mass is 9.93. The maximum atomic E-state index is 12.3. The number of rotatable bonds is 4. The standard InChI is InChI=1S/C14H14F2O2/c15-14(16)18-12-9-5-4-8-11(12)13(17)10-6-2-1-3-7-10/h4-6,8-9,14H,1-3,7H2. The van der Waals surface area contributed by atoms with Crippen molar-refractivity contribution in [2.75, 3.05) is 0 Å². The van der Waals surface area contributed by atoms with Crippen LogP contribution >= 0.6 is 0 Å². The molecule has 0 aliphatic heterocycles. The van der Waals surface area contributed by atoms with Gasteiger partial charge in [0.05, 0.1) is 5.56 Å². The highest BCUT2D eigenvalue weighted by Gasteiger charge is 2.19. The van der Waals surface area contributed by atoms with Gasteiger partial charge >= 0.3 is 6.61 Å². The van der Waals surface area contributed by atoms with Gasteiger partial charge in [-0.05, 0) is 43.4 Å². The van der Waals surface area contributed by atoms with Crippen LogP contribution in [0.15, 0.2) is 35.9 Å². The fourth-order valence-electron chi connectivity index (χ4n) is 2.07. The van der Waals surface area contributed by atoms with E-state index in [9.17, 15) is 13.6 Å². The Morgan fingerprint density at radius 2 is 2.00 bits per heavy atom. The van der Waals surface area contributed by atoms with Crippen LogP contribution in [-0.2, 0) is 0 Å². The Hall–Kier alpha value is -1.71. The van der Waals surface area contributed by atoms with E-state index in [0.29, 0.717) is 12.0 Å². The number of alkyl halides is 2. The van der Waals surface area contributed by atoms with Gasteiger partial charge in [0.2, 0.25) is 0 Å². The zero-order chi connectivity index (χ0) is 13.0. The summed E-state index contributed by atoms with van der Waals surface area (Å²) in [5, 5.41) is 0. The third kappa shape index (κ3) is 2.94. The van der Waals surface area contributed by atoms with E-state index in [0.717, 1.165) is 19.3 Å². The number of carbonyl (C=O) groups excluding carboxylic acids is 1. The molecule has 0 N–H and O–H groups in total. The maximum Gasteiger partial charge on any atom is 0.387 e. The molecule has 0 saturated heterocycles. The molecule has 0 amide bonds. The van der Waals surface area contributed by atoms with Crippen molar-refractivity contribution in [3.05, 3.63) is 41.5 Å². The normalized spacial score (nSPS) is 15.4. The van der Waals surface area contributed by atoms with E-state index in [1.54, 1.807) is 12.1 Å². The summed E-state index contributed by atoms with van der Waals surface area (Å²) in [5.74, 6) is -0.255. The van der Waals surface area contributed by atoms with Crippen molar-refractivity contribution < 1.29 is 18.3 Å². The summed E-state index contributed by atoms with van der Waals surface area (Å²) in [6, 6.07) is 6.14. The zero-order valence-electron chi connectivity index (χ0n) is 9.86. The highest BCUT2D eigenvalue weighted by Crippen LogP contribution is 2.27. The number of hydrogen-bond acceptors (Lipinski definition) is 2. The Labute approximate surface area is 104 Å². The topological polar surface area (TPSA) is 26.3 Å². The van der Waals surface area contributed by atoms with Gasteiger partial charge in [0.25, 0.3) is 0 Å². The maximum absolute atomic E-state index is 12.3. The minimum absolute atomic E-state index is 0.0519. The molecule has 0 bridgehead atoms. The number of Topliss-reactive ketones (excluding diaryl/α,β-unsaturated/α-hetero) is 1. The average Bonchev–Trinajstić information content (AvgIpc) is 2.39. The van der Waals surface area contributed by atoms with Crippen LogP contribution in [0.5, 0.6) is 5.75 Å². The van der Waals surface area contributed by atoms with Crippen LogP contribution in [0, 0.1) is 0 Å². The molecule has 0 radical (unpaired) electrons. The van der Waals surface area contributed by atoms with Crippen LogP contribution in [0.2, 0.25) is 0 Å². The molecule has 0 aromatic heterocycles. The zero-order valence-corrected chi connectivity index (χ0v) is 9.86. The SMILES string of the molecule is O=C(C1=CCCCC1)c1ccccc1OC(F)F. The number of carbonyl (C=O) groups is 1. The molecular weight excluding hydrogens is 238 g/mol. The van der Waals surface area contributed by atoms with Crippen molar-refractivity contribution in [3.8, 4) is 5.75 Å². The summed E-state index contributed by atoms with van der Waals surface area (Å²) >= 11 is 0. The molecule has 0 unspecified atom stereocenters. The lowest BCUT2D eigenvalue weighted by Crippen LogP contribution is -2.11. The van der Waals surface area contributed by atoms with Crippen LogP contribution in [0.1, 0.15) is 36.0 Å². The van der Waals surface area contributed by atoms with Crippen molar-refractivity contribution in [2.24, 2.45) is 0 Å². The highest BCUT2D eigenvalue weighted by atomic mass is 19.3. The van der Waals surface area contributed by atoms with E-state index < -0.39 is 6.61 Å². The first-order valence-electron chi connectivity index (χ1n) is 5.96. The molecule has 96 valence electrons. The third-order valence-electron chi connectivity index (χ3n) is 2.93. The summed E-state index contributed by atoms with van der Waals surface area (Å²) in [5.41, 5.74) is 0.914. The molecule has 1 aromatic rings. The minimum Gasteiger partial charge on any atom is -0.434 e. The molecule has 0 heterocycles. The van der Waals surface area contributed by atoms with Gasteiger partial charge in [-0.25, -0.2) is 0 Å². The number of halogens is 2. The van der Waals surface area contributed by atoms with Crippen molar-refractivity contribution in [3.63, 3.8) is 0 Å². The van der Waals surface area contributed by atoms with Gasteiger partial charge in [0.1, 0.15) is 5.75 Å². The van der Waals surface area contributed by atoms with E-state index in [2.05, 4.69) is 4.74 Å². The predicted molar refractivity (Wildman–Crippen MR) is 64.0 cm³/mol. The Balaban J connectivity index is 2.26. The second kappa shape index (κ2) is 5.76. The van der Waals surface area contributed by atoms with Gasteiger partial charge in [-0.15, -0.1) is 0 Å². The lowest BCUT2D eigenvalue weighted by Gasteiger charge is -2.14. The first kappa shape index (κ1) is 12.7. The first-order valence-corrected chi connectivity index (χ1v) is 5.96. The second-order valence-electron chi connectivity index (χ2n) is 4.18. The van der Waals surface area contributed by atoms with Crippen LogP contribution in [0.4, 0.5) is 8.78 Å². The number of para-hydroxylation sites is 1. The quantitative estimate of drug-likeness (QED) is 0.758. The molecule has 4 heteroatoms. The Bertz CT molecular complexity index is 467. The van der Waals surface area contributed by atoms with E-state index in [1.165, 1.54) is 12.1 Å². The molecule has 0 saturated carbocycles. The molecule has 0 fully saturated rings. The van der Waals surface area contributed by atoms with Gasteiger partial charge in [-0.3, -0.25) is 4.79 Å². The lowest BCUT2D eigenvalue weighted by molar-refractivity contribution is -0.0501. The van der Waals surface area contributed by atoms with Gasteiger partial charge in [-0.1, -0.05) is 18.2 Å². The van der Waals surface area contributed by atoms with Crippen LogP contribution < -0.4 is 4.74 Å². The number of ether oxygens (including phenoxy) is 1. The molecular formula is C14H14F2O2. The van der Waals surface area contributed by atoms with Crippen LogP contribution in [-0.4, -0.2) is 12.4 Å². The Kier molecular flexibility index (Phi) is 4.07. The Morgan fingerprint density at radius 3 is 2.67 bits per heavy atom. The number of ketones is 1. The summed E-state index contributed by atoms with van der Waals surface area (Å²) < 4.78 is 28.9. The Morgan fingerprint density at radius 1 is 1.22 bits per heavy atom. The van der Waals surface area contributed by atoms with E-state index in [-0.39, 0.29) is 17.1 Å². The number of allylic oxidation sites excluding steroid dienone is 2. The summed E-state index contributed by atoms with van der Waals surface area (Å²) in [6.45, 7) is -2.92. The summed E-state index contributed by atoms with van der Waals surface area (Å²) in [4.78, 5) is 12.2. The largest absolute Gasteiger partial charge is 0.434 e. The van der Waals surface area contributed by atoms with Crippen molar-refractivity contribution in [1.82, 2.24) is 0 Å². The molecule has 1 aliphatic rings. The molecule has 0 spiro atoms. The fraction of sp³-hybridized carbons (Fsp3) is 0.357. The fourth-order valence-corrected chi connectivity index (χ4v) is 2.07. The third-order valence-corrected chi connectivity index (χ3v) is 2.93. The van der Waals surface area contributed by atoms with E-state index in [1.807, 2.05) is 6.08 Å². The molecule has 2 rings (SSSR count). The van der Waals surface area contributed by atoms with Crippen LogP contribution in [0.25, 0.3) is 0 Å². The van der Waals surface area contributed by atoms with Gasteiger partial charge in [0.15, 0.2) is 5.78 Å². The second-order valence-corrected chi connectivity index (χ2v) is 4.18. The monoisotopic (exact) mass is 252 g/mol. The molecule has 0 atom stereocenters. The van der Waals surface area contributed by atoms with Crippen molar-refractivity contribution >= 4 is 5.78 Å². The van der Waals surface area contributed by atoms with Gasteiger partial charge < -0.3 is 4.74 Å². The smallest absolute Gasteiger partial charge is 0.387 e. The molecule has 18 heavy (non-hydrogen) atoms. The van der Waals surface area contributed by atoms with Crippen molar-refractivity contribution in [1.29, 1.82) is 0 Å². The predicted octanol–water partition coefficient (Wildman–Crippen LogP) is 3.97. The molecule has 2 nitrogen and oxygen atoms in total. The van der Waals surface area contributed by atoms with Crippen LogP contribution in [0.3, 0.4) is 0 Å². The first-order chi connectivity index (χ1) is 8.68. The molecule has 1 aromatic carbocycles. The average molecular weight is 252 g/mol. The molecule has 1 aliphatic carbocycles. The summed E-state index contributed by atoms with van der Waals surface area (Å²) in [6.07, 6.45) is 5.52. The van der Waals surface area contributed by atoms with Gasteiger partial charge in [-0.2, -0.15) is 8.78 Å². The minimum atomic E-state index is -2.92. The van der Waals surface area contributed by atoms with Gasteiger partial charge in [0, 0.05) is 0 Å². The highest BCUT2D eigenvalue weighted by molar-refractivity contribution is 6.10. The number of benzene rings is 1.